The minimum absolute atomic E-state index is 0.163. The van der Waals surface area contributed by atoms with Crippen molar-refractivity contribution in [3.05, 3.63) is 18.3 Å². The molecule has 0 saturated carbocycles. The number of fused-ring (bicyclic) bond motifs is 1. The number of anilines is 1. The number of carbonyl (C=O) groups is 1. The lowest BCUT2D eigenvalue weighted by Crippen LogP contribution is -2.10. The van der Waals surface area contributed by atoms with E-state index in [0.717, 1.165) is 10.9 Å². The lowest BCUT2D eigenvalue weighted by molar-refractivity contribution is 0.209. The highest BCUT2D eigenvalue weighted by Gasteiger charge is 2.16. The Hall–Kier alpha value is -2.24. The molecule has 1 aromatic heterocycles. The third-order valence-corrected chi connectivity index (χ3v) is 2.65. The van der Waals surface area contributed by atoms with Gasteiger partial charge in [0.1, 0.15) is 5.52 Å². The van der Waals surface area contributed by atoms with Gasteiger partial charge in [-0.2, -0.15) is 5.10 Å². The third kappa shape index (κ3) is 1.97. The number of benzene rings is 1. The van der Waals surface area contributed by atoms with Gasteiger partial charge in [-0.1, -0.05) is 0 Å². The molecule has 0 fully saturated rings. The fraction of sp³-hybridized carbons (Fsp3) is 0.333. The number of nitrogens with zero attached hydrogens (tertiary/aromatic N) is 2. The minimum atomic E-state index is -1.12. The zero-order valence-electron chi connectivity index (χ0n) is 10.5. The molecule has 2 N–H and O–H groups in total. The van der Waals surface area contributed by atoms with E-state index in [9.17, 15) is 4.79 Å². The van der Waals surface area contributed by atoms with Crippen LogP contribution in [0.1, 0.15) is 19.9 Å². The van der Waals surface area contributed by atoms with E-state index in [-0.39, 0.29) is 6.04 Å². The number of nitrogens with one attached hydrogen (secondary N) is 1. The van der Waals surface area contributed by atoms with Crippen LogP contribution in [-0.4, -0.2) is 28.1 Å². The molecule has 6 heteroatoms. The first kappa shape index (κ1) is 12.2. The smallest absolute Gasteiger partial charge is 0.409 e. The molecule has 2 rings (SSSR count). The Labute approximate surface area is 104 Å². The highest BCUT2D eigenvalue weighted by molar-refractivity contribution is 5.95. The normalized spacial score (nSPS) is 10.9. The van der Waals surface area contributed by atoms with Crippen molar-refractivity contribution in [3.63, 3.8) is 0 Å². The maximum Gasteiger partial charge on any atom is 0.409 e. The van der Waals surface area contributed by atoms with Gasteiger partial charge < -0.3 is 9.84 Å². The Bertz CT molecular complexity index is 590. The van der Waals surface area contributed by atoms with Crippen LogP contribution < -0.4 is 10.1 Å². The van der Waals surface area contributed by atoms with Gasteiger partial charge in [-0.15, -0.1) is 0 Å². The number of ether oxygens (including phenoxy) is 1. The van der Waals surface area contributed by atoms with Gasteiger partial charge >= 0.3 is 6.09 Å². The van der Waals surface area contributed by atoms with Crippen LogP contribution in [0.3, 0.4) is 0 Å². The molecule has 1 aromatic carbocycles. The second-order valence-electron chi connectivity index (χ2n) is 4.20. The number of hydrogen-bond acceptors (Lipinski definition) is 3. The van der Waals surface area contributed by atoms with Crippen LogP contribution in [0.5, 0.6) is 5.75 Å². The van der Waals surface area contributed by atoms with Crippen molar-refractivity contribution >= 4 is 22.7 Å². The number of aromatic nitrogens is 2. The highest BCUT2D eigenvalue weighted by atomic mass is 16.5. The number of amides is 1. The van der Waals surface area contributed by atoms with Crippen molar-refractivity contribution in [1.29, 1.82) is 0 Å². The summed E-state index contributed by atoms with van der Waals surface area (Å²) >= 11 is 0. The predicted octanol–water partition coefficient (Wildman–Crippen LogP) is 2.72. The van der Waals surface area contributed by atoms with E-state index in [4.69, 9.17) is 9.84 Å². The molecule has 0 aliphatic rings. The average molecular weight is 249 g/mol. The van der Waals surface area contributed by atoms with Crippen LogP contribution in [0.4, 0.5) is 10.5 Å². The van der Waals surface area contributed by atoms with E-state index in [2.05, 4.69) is 10.4 Å². The molecule has 1 heterocycles. The molecular formula is C12H15N3O3. The van der Waals surface area contributed by atoms with Gasteiger partial charge in [0.05, 0.1) is 19.0 Å². The Kier molecular flexibility index (Phi) is 3.10. The molecule has 0 radical (unpaired) electrons. The summed E-state index contributed by atoms with van der Waals surface area (Å²) in [6.45, 7) is 4.01. The van der Waals surface area contributed by atoms with Crippen molar-refractivity contribution in [3.8, 4) is 5.75 Å². The van der Waals surface area contributed by atoms with Crippen molar-refractivity contribution in [2.24, 2.45) is 0 Å². The molecule has 0 aliphatic heterocycles. The molecule has 1 amide bonds. The van der Waals surface area contributed by atoms with Crippen LogP contribution in [0, 0.1) is 0 Å². The van der Waals surface area contributed by atoms with E-state index in [1.54, 1.807) is 16.9 Å². The Balaban J connectivity index is 2.68. The van der Waals surface area contributed by atoms with Crippen LogP contribution in [0.25, 0.3) is 10.9 Å². The molecule has 96 valence electrons. The van der Waals surface area contributed by atoms with Crippen LogP contribution in [-0.2, 0) is 0 Å². The highest BCUT2D eigenvalue weighted by Crippen LogP contribution is 2.34. The van der Waals surface area contributed by atoms with E-state index < -0.39 is 6.09 Å². The van der Waals surface area contributed by atoms with Gasteiger partial charge in [0, 0.05) is 11.4 Å². The van der Waals surface area contributed by atoms with E-state index in [1.807, 2.05) is 19.9 Å². The Morgan fingerprint density at radius 3 is 2.78 bits per heavy atom. The first-order valence-corrected chi connectivity index (χ1v) is 5.58. The zero-order chi connectivity index (χ0) is 13.3. The maximum atomic E-state index is 10.7. The fourth-order valence-corrected chi connectivity index (χ4v) is 1.92. The number of rotatable bonds is 3. The average Bonchev–Trinajstić information content (AvgIpc) is 2.71. The molecule has 0 atom stereocenters. The maximum absolute atomic E-state index is 10.7. The second-order valence-corrected chi connectivity index (χ2v) is 4.20. The number of methoxy groups -OCH3 is 1. The second kappa shape index (κ2) is 4.56. The predicted molar refractivity (Wildman–Crippen MR) is 68.3 cm³/mol. The van der Waals surface area contributed by atoms with Gasteiger partial charge in [0.25, 0.3) is 0 Å². The quantitative estimate of drug-likeness (QED) is 0.876. The summed E-state index contributed by atoms with van der Waals surface area (Å²) in [7, 11) is 1.51. The minimum Gasteiger partial charge on any atom is -0.492 e. The van der Waals surface area contributed by atoms with Gasteiger partial charge in [0.2, 0.25) is 0 Å². The summed E-state index contributed by atoms with van der Waals surface area (Å²) in [4.78, 5) is 10.7. The van der Waals surface area contributed by atoms with E-state index in [1.165, 1.54) is 7.11 Å². The largest absolute Gasteiger partial charge is 0.492 e. The summed E-state index contributed by atoms with van der Waals surface area (Å²) in [5.74, 6) is 0.487. The van der Waals surface area contributed by atoms with Gasteiger partial charge in [0.15, 0.2) is 5.75 Å². The van der Waals surface area contributed by atoms with Crippen molar-refractivity contribution in [2.45, 2.75) is 19.9 Å². The van der Waals surface area contributed by atoms with Gasteiger partial charge in [-0.25, -0.2) is 4.79 Å². The first-order valence-electron chi connectivity index (χ1n) is 5.58. The summed E-state index contributed by atoms with van der Waals surface area (Å²) in [5, 5.41) is 16.3. The fourth-order valence-electron chi connectivity index (χ4n) is 1.92. The summed E-state index contributed by atoms with van der Waals surface area (Å²) in [6, 6.07) is 3.65. The van der Waals surface area contributed by atoms with Crippen LogP contribution >= 0.6 is 0 Å². The first-order chi connectivity index (χ1) is 8.54. The van der Waals surface area contributed by atoms with Gasteiger partial charge in [-0.3, -0.25) is 10.00 Å². The van der Waals surface area contributed by atoms with Crippen LogP contribution in [0.15, 0.2) is 18.3 Å². The summed E-state index contributed by atoms with van der Waals surface area (Å²) in [6.07, 6.45) is 0.617. The standard InChI is InChI=1S/C12H15N3O3/c1-7(2)15-10-8(6-13-15)4-5-9(11(10)18-3)14-12(16)17/h4-7,14H,1-3H3,(H,16,17). The van der Waals surface area contributed by atoms with E-state index in [0.29, 0.717) is 11.4 Å². The molecular weight excluding hydrogens is 234 g/mol. The molecule has 0 unspecified atom stereocenters. The lowest BCUT2D eigenvalue weighted by atomic mass is 10.2. The summed E-state index contributed by atoms with van der Waals surface area (Å²) < 4.78 is 7.13. The molecule has 0 aliphatic carbocycles. The topological polar surface area (TPSA) is 76.4 Å². The van der Waals surface area contributed by atoms with Crippen LogP contribution in [0.2, 0.25) is 0 Å². The molecule has 0 saturated heterocycles. The SMILES string of the molecule is COc1c(NC(=O)O)ccc2cnn(C(C)C)c12. The van der Waals surface area contributed by atoms with E-state index >= 15 is 0 Å². The molecule has 0 spiro atoms. The monoisotopic (exact) mass is 249 g/mol. The number of hydrogen-bond donors (Lipinski definition) is 2. The molecule has 18 heavy (non-hydrogen) atoms. The van der Waals surface area contributed by atoms with Crippen molar-refractivity contribution in [1.82, 2.24) is 9.78 Å². The molecule has 0 bridgehead atoms. The van der Waals surface area contributed by atoms with Crippen molar-refractivity contribution < 1.29 is 14.6 Å². The number of carboxylic acid groups (broad SMARTS) is 1. The Morgan fingerprint density at radius 1 is 1.50 bits per heavy atom. The van der Waals surface area contributed by atoms with Gasteiger partial charge in [-0.05, 0) is 26.0 Å². The summed E-state index contributed by atoms with van der Waals surface area (Å²) in [5.41, 5.74) is 1.21. The lowest BCUT2D eigenvalue weighted by Gasteiger charge is -2.13. The zero-order valence-corrected chi connectivity index (χ0v) is 10.5. The Morgan fingerprint density at radius 2 is 2.22 bits per heavy atom. The van der Waals surface area contributed by atoms with Crippen molar-refractivity contribution in [2.75, 3.05) is 12.4 Å². The third-order valence-electron chi connectivity index (χ3n) is 2.65. The molecule has 2 aromatic rings. The molecule has 6 nitrogen and oxygen atoms in total.